The van der Waals surface area contributed by atoms with E-state index in [0.717, 1.165) is 11.1 Å². The molecular formula is C24H29N3O. The molecule has 4 nitrogen and oxygen atoms in total. The van der Waals surface area contributed by atoms with Crippen molar-refractivity contribution in [3.63, 3.8) is 0 Å². The van der Waals surface area contributed by atoms with Gasteiger partial charge in [-0.25, -0.2) is 0 Å². The molecule has 2 atom stereocenters. The van der Waals surface area contributed by atoms with Crippen molar-refractivity contribution in [2.24, 2.45) is 7.05 Å². The van der Waals surface area contributed by atoms with Gasteiger partial charge in [-0.15, -0.1) is 0 Å². The van der Waals surface area contributed by atoms with Crippen molar-refractivity contribution in [1.29, 1.82) is 0 Å². The summed E-state index contributed by atoms with van der Waals surface area (Å²) in [7, 11) is 2.11. The minimum Gasteiger partial charge on any atom is -0.424 e. The number of nitrogens with zero attached hydrogens (tertiary/aromatic N) is 2. The topological polar surface area (TPSA) is 43.0 Å². The first-order valence-electron chi connectivity index (χ1n) is 10.7. The van der Waals surface area contributed by atoms with E-state index in [-0.39, 0.29) is 0 Å². The Hall–Kier alpha value is -2.49. The summed E-state index contributed by atoms with van der Waals surface area (Å²) in [6.07, 6.45) is 14.5. The number of oxazole rings is 1. The fraction of sp³-hybridized carbons (Fsp3) is 0.458. The molecule has 146 valence electrons. The third-order valence-corrected chi connectivity index (χ3v) is 6.62. The zero-order valence-corrected chi connectivity index (χ0v) is 16.8. The predicted octanol–water partition coefficient (Wildman–Crippen LogP) is 6.22. The summed E-state index contributed by atoms with van der Waals surface area (Å²) >= 11 is 0. The average molecular weight is 376 g/mol. The molecule has 0 spiro atoms. The highest BCUT2D eigenvalue weighted by Gasteiger charge is 2.26. The van der Waals surface area contributed by atoms with E-state index in [1.54, 1.807) is 0 Å². The third-order valence-electron chi connectivity index (χ3n) is 6.62. The largest absolute Gasteiger partial charge is 0.424 e. The van der Waals surface area contributed by atoms with E-state index in [0.29, 0.717) is 23.9 Å². The molecule has 2 unspecified atom stereocenters. The zero-order valence-electron chi connectivity index (χ0n) is 16.8. The Morgan fingerprint density at radius 1 is 1.11 bits per heavy atom. The Bertz CT molecular complexity index is 1000. The van der Waals surface area contributed by atoms with Crippen molar-refractivity contribution in [3.05, 3.63) is 53.4 Å². The summed E-state index contributed by atoms with van der Waals surface area (Å²) in [5.74, 6) is 0.823. The highest BCUT2D eigenvalue weighted by atomic mass is 16.4. The van der Waals surface area contributed by atoms with Gasteiger partial charge in [-0.2, -0.15) is 4.98 Å². The first-order chi connectivity index (χ1) is 13.7. The monoisotopic (exact) mass is 375 g/mol. The van der Waals surface area contributed by atoms with Gasteiger partial charge in [0.05, 0.1) is 0 Å². The van der Waals surface area contributed by atoms with Crippen LogP contribution in [0.1, 0.15) is 74.1 Å². The van der Waals surface area contributed by atoms with Crippen LogP contribution in [-0.4, -0.2) is 15.6 Å². The van der Waals surface area contributed by atoms with Crippen LogP contribution in [0.3, 0.4) is 0 Å². The number of nitrogens with one attached hydrogen (secondary N) is 1. The Kier molecular flexibility index (Phi) is 4.50. The van der Waals surface area contributed by atoms with Crippen molar-refractivity contribution >= 4 is 23.2 Å². The van der Waals surface area contributed by atoms with Gasteiger partial charge in [0.25, 0.3) is 6.01 Å². The Morgan fingerprint density at radius 2 is 1.93 bits per heavy atom. The summed E-state index contributed by atoms with van der Waals surface area (Å²) in [5.41, 5.74) is 5.87. The third kappa shape index (κ3) is 3.15. The number of allylic oxidation sites excluding steroid dienone is 1. The molecule has 0 aliphatic heterocycles. The number of fused-ring (bicyclic) bond motifs is 2. The standard InChI is InChI=1S/C24H29N3O/c1-16-19(10-11-22-20(16)13-14-27(22)2)17-9-12-23-21(15-17)26-24(28-23)25-18-7-5-3-4-6-8-18/h9-16,18-19H,3-8H2,1-2H3,(H,25,26). The first-order valence-corrected chi connectivity index (χ1v) is 10.7. The Morgan fingerprint density at radius 3 is 2.75 bits per heavy atom. The molecule has 3 aromatic rings. The molecule has 1 fully saturated rings. The highest BCUT2D eigenvalue weighted by Crippen LogP contribution is 2.41. The molecule has 1 N–H and O–H groups in total. The van der Waals surface area contributed by atoms with Gasteiger partial charge < -0.3 is 14.3 Å². The van der Waals surface area contributed by atoms with Crippen LogP contribution in [0, 0.1) is 0 Å². The normalized spacial score (nSPS) is 22.9. The summed E-state index contributed by atoms with van der Waals surface area (Å²) in [6.45, 7) is 2.32. The van der Waals surface area contributed by atoms with Crippen LogP contribution >= 0.6 is 0 Å². The van der Waals surface area contributed by atoms with E-state index < -0.39 is 0 Å². The maximum absolute atomic E-state index is 6.00. The SMILES string of the molecule is CC1c2ccn(C)c2C=CC1c1ccc2oc(NC3CCCCCC3)nc2c1. The smallest absolute Gasteiger partial charge is 0.295 e. The van der Waals surface area contributed by atoms with Gasteiger partial charge in [-0.1, -0.05) is 44.7 Å². The Balaban J connectivity index is 1.39. The summed E-state index contributed by atoms with van der Waals surface area (Å²) in [5, 5.41) is 3.54. The summed E-state index contributed by atoms with van der Waals surface area (Å²) in [4.78, 5) is 4.76. The number of anilines is 1. The highest BCUT2D eigenvalue weighted by molar-refractivity contribution is 5.76. The molecule has 4 heteroatoms. The molecule has 0 radical (unpaired) electrons. The second kappa shape index (κ2) is 7.16. The fourth-order valence-corrected chi connectivity index (χ4v) is 4.93. The van der Waals surface area contributed by atoms with Gasteiger partial charge in [0.2, 0.25) is 0 Å². The molecule has 2 aliphatic rings. The van der Waals surface area contributed by atoms with Crippen LogP contribution < -0.4 is 5.32 Å². The van der Waals surface area contributed by atoms with Gasteiger partial charge in [-0.3, -0.25) is 0 Å². The van der Waals surface area contributed by atoms with Gasteiger partial charge in [0.1, 0.15) is 5.52 Å². The average Bonchev–Trinajstić information content (AvgIpc) is 3.17. The molecule has 0 amide bonds. The summed E-state index contributed by atoms with van der Waals surface area (Å²) < 4.78 is 8.20. The lowest BCUT2D eigenvalue weighted by atomic mass is 9.79. The minimum atomic E-state index is 0.370. The lowest BCUT2D eigenvalue weighted by molar-refractivity contribution is 0.560. The predicted molar refractivity (Wildman–Crippen MR) is 115 cm³/mol. The summed E-state index contributed by atoms with van der Waals surface area (Å²) in [6, 6.07) is 9.90. The first kappa shape index (κ1) is 17.6. The number of aryl methyl sites for hydroxylation is 1. The Labute approximate surface area is 166 Å². The van der Waals surface area contributed by atoms with Crippen LogP contribution in [0.25, 0.3) is 17.2 Å². The molecule has 0 bridgehead atoms. The van der Waals surface area contributed by atoms with Gasteiger partial charge >= 0.3 is 0 Å². The molecule has 2 heterocycles. The van der Waals surface area contributed by atoms with Crippen LogP contribution in [0.2, 0.25) is 0 Å². The molecule has 2 aromatic heterocycles. The number of hydrogen-bond donors (Lipinski definition) is 1. The van der Waals surface area contributed by atoms with Crippen LogP contribution in [0.5, 0.6) is 0 Å². The molecule has 1 saturated carbocycles. The van der Waals surface area contributed by atoms with Gasteiger partial charge in [-0.05, 0) is 54.2 Å². The molecule has 5 rings (SSSR count). The van der Waals surface area contributed by atoms with Crippen molar-refractivity contribution in [2.75, 3.05) is 5.32 Å². The van der Waals surface area contributed by atoms with Crippen LogP contribution in [0.4, 0.5) is 6.01 Å². The van der Waals surface area contributed by atoms with Crippen molar-refractivity contribution in [3.8, 4) is 0 Å². The van der Waals surface area contributed by atoms with Crippen LogP contribution in [-0.2, 0) is 7.05 Å². The number of aromatic nitrogens is 2. The van der Waals surface area contributed by atoms with E-state index in [1.165, 1.54) is 55.3 Å². The number of benzene rings is 1. The zero-order chi connectivity index (χ0) is 19.1. The lowest BCUT2D eigenvalue weighted by Crippen LogP contribution is -2.18. The van der Waals surface area contributed by atoms with E-state index >= 15 is 0 Å². The minimum absolute atomic E-state index is 0.370. The number of rotatable bonds is 3. The van der Waals surface area contributed by atoms with Crippen LogP contribution in [0.15, 0.2) is 41.0 Å². The fourth-order valence-electron chi connectivity index (χ4n) is 4.93. The van der Waals surface area contributed by atoms with E-state index in [1.807, 2.05) is 0 Å². The van der Waals surface area contributed by atoms with E-state index in [2.05, 4.69) is 66.5 Å². The molecular weight excluding hydrogens is 346 g/mol. The van der Waals surface area contributed by atoms with Crippen molar-refractivity contribution in [1.82, 2.24) is 9.55 Å². The maximum atomic E-state index is 6.00. The molecule has 0 saturated heterocycles. The number of hydrogen-bond acceptors (Lipinski definition) is 3. The lowest BCUT2D eigenvalue weighted by Gasteiger charge is -2.25. The van der Waals surface area contributed by atoms with Crippen molar-refractivity contribution < 1.29 is 4.42 Å². The maximum Gasteiger partial charge on any atom is 0.295 e. The van der Waals surface area contributed by atoms with Gasteiger partial charge in [0, 0.05) is 30.9 Å². The second-order valence-corrected chi connectivity index (χ2v) is 8.52. The quantitative estimate of drug-likeness (QED) is 0.553. The second-order valence-electron chi connectivity index (χ2n) is 8.52. The van der Waals surface area contributed by atoms with Gasteiger partial charge in [0.15, 0.2) is 5.58 Å². The molecule has 2 aliphatic carbocycles. The molecule has 28 heavy (non-hydrogen) atoms. The molecule has 1 aromatic carbocycles. The van der Waals surface area contributed by atoms with Crippen molar-refractivity contribution in [2.45, 2.75) is 63.3 Å². The van der Waals surface area contributed by atoms with E-state index in [4.69, 9.17) is 9.40 Å². The van der Waals surface area contributed by atoms with E-state index in [9.17, 15) is 0 Å².